The third-order valence-electron chi connectivity index (χ3n) is 4.72. The van der Waals surface area contributed by atoms with Gasteiger partial charge in [0.1, 0.15) is 0 Å². The smallest absolute Gasteiger partial charge is 0.330 e. The third kappa shape index (κ3) is 7.21. The molecule has 0 aromatic carbocycles. The Morgan fingerprint density at radius 3 is 1.61 bits per heavy atom. The number of hydrogen-bond donors (Lipinski definition) is 1. The van der Waals surface area contributed by atoms with Crippen LogP contribution in [0.5, 0.6) is 0 Å². The molecule has 0 spiro atoms. The Morgan fingerprint density at radius 2 is 1.26 bits per heavy atom. The van der Waals surface area contributed by atoms with Crippen LogP contribution in [0.15, 0.2) is 49.1 Å². The predicted octanol–water partition coefficient (Wildman–Crippen LogP) is 5.45. The van der Waals surface area contributed by atoms with Crippen molar-refractivity contribution in [3.8, 4) is 17.4 Å². The molecule has 4 rings (SSSR count). The summed E-state index contributed by atoms with van der Waals surface area (Å²) in [6.07, 6.45) is -3.34. The van der Waals surface area contributed by atoms with E-state index in [1.165, 1.54) is 36.9 Å². The summed E-state index contributed by atoms with van der Waals surface area (Å²) in [6, 6.07) is 6.56. The SMILES string of the molecule is N#CCc1ncc(-n2ccc(C(F)(F)F)n2)cc1Cl.NCCc1ncc(-n2ccc(C(F)(F)F)n2)cc1Cl. The van der Waals surface area contributed by atoms with Gasteiger partial charge in [-0.2, -0.15) is 41.8 Å². The van der Waals surface area contributed by atoms with E-state index in [2.05, 4.69) is 20.2 Å². The van der Waals surface area contributed by atoms with Gasteiger partial charge >= 0.3 is 12.4 Å². The van der Waals surface area contributed by atoms with Gasteiger partial charge in [0.2, 0.25) is 0 Å². The van der Waals surface area contributed by atoms with Gasteiger partial charge in [-0.3, -0.25) is 9.97 Å². The van der Waals surface area contributed by atoms with Crippen LogP contribution < -0.4 is 5.73 Å². The highest BCUT2D eigenvalue weighted by molar-refractivity contribution is 6.31. The molecule has 0 aliphatic rings. The van der Waals surface area contributed by atoms with Crippen LogP contribution in [0, 0.1) is 11.3 Å². The predicted molar refractivity (Wildman–Crippen MR) is 125 cm³/mol. The van der Waals surface area contributed by atoms with Gasteiger partial charge < -0.3 is 5.73 Å². The first kappa shape index (κ1) is 28.9. The molecule has 16 heteroatoms. The molecule has 2 N–H and O–H groups in total. The van der Waals surface area contributed by atoms with Gasteiger partial charge in [-0.15, -0.1) is 0 Å². The van der Waals surface area contributed by atoms with Crippen LogP contribution >= 0.6 is 23.2 Å². The summed E-state index contributed by atoms with van der Waals surface area (Å²) >= 11 is 11.9. The average Bonchev–Trinajstić information content (AvgIpc) is 3.53. The van der Waals surface area contributed by atoms with Crippen LogP contribution in [-0.4, -0.2) is 36.1 Å². The van der Waals surface area contributed by atoms with E-state index < -0.39 is 23.7 Å². The fraction of sp³-hybridized carbons (Fsp3) is 0.227. The Kier molecular flexibility index (Phi) is 8.97. The number of hydrogen-bond acceptors (Lipinski definition) is 6. The van der Waals surface area contributed by atoms with Crippen molar-refractivity contribution in [2.24, 2.45) is 5.73 Å². The first-order chi connectivity index (χ1) is 17.8. The maximum absolute atomic E-state index is 12.4. The van der Waals surface area contributed by atoms with E-state index in [-0.39, 0.29) is 11.4 Å². The Labute approximate surface area is 221 Å². The summed E-state index contributed by atoms with van der Waals surface area (Å²) in [7, 11) is 0. The number of rotatable bonds is 5. The summed E-state index contributed by atoms with van der Waals surface area (Å²) in [4.78, 5) is 7.98. The number of halogens is 8. The maximum Gasteiger partial charge on any atom is 0.435 e. The van der Waals surface area contributed by atoms with E-state index >= 15 is 0 Å². The molecular formula is C22H16Cl2F6N8. The van der Waals surface area contributed by atoms with Gasteiger partial charge in [-0.1, -0.05) is 23.2 Å². The largest absolute Gasteiger partial charge is 0.435 e. The van der Waals surface area contributed by atoms with Crippen molar-refractivity contribution in [1.82, 2.24) is 29.5 Å². The number of nitrogens with zero attached hydrogens (tertiary/aromatic N) is 7. The highest BCUT2D eigenvalue weighted by Crippen LogP contribution is 2.29. The second-order valence-electron chi connectivity index (χ2n) is 7.40. The van der Waals surface area contributed by atoms with Gasteiger partial charge in [0, 0.05) is 18.8 Å². The number of pyridine rings is 2. The molecule has 0 saturated heterocycles. The lowest BCUT2D eigenvalue weighted by atomic mass is 10.2. The van der Waals surface area contributed by atoms with E-state index in [1.54, 1.807) is 0 Å². The third-order valence-corrected chi connectivity index (χ3v) is 5.38. The summed E-state index contributed by atoms with van der Waals surface area (Å²) in [5.41, 5.74) is 5.06. The van der Waals surface area contributed by atoms with Crippen molar-refractivity contribution in [2.45, 2.75) is 25.2 Å². The van der Waals surface area contributed by atoms with Crippen LogP contribution in [-0.2, 0) is 25.2 Å². The molecule has 0 radical (unpaired) electrons. The lowest BCUT2D eigenvalue weighted by Crippen LogP contribution is -2.08. The molecule has 0 unspecified atom stereocenters. The molecule has 0 aliphatic carbocycles. The lowest BCUT2D eigenvalue weighted by molar-refractivity contribution is -0.142. The summed E-state index contributed by atoms with van der Waals surface area (Å²) in [6.45, 7) is 0.395. The van der Waals surface area contributed by atoms with Crippen LogP contribution in [0.2, 0.25) is 10.0 Å². The minimum atomic E-state index is -4.50. The summed E-state index contributed by atoms with van der Waals surface area (Å²) in [5.74, 6) is 0. The Balaban J connectivity index is 0.000000211. The fourth-order valence-electron chi connectivity index (χ4n) is 2.93. The van der Waals surface area contributed by atoms with Crippen molar-refractivity contribution in [1.29, 1.82) is 5.26 Å². The molecule has 0 amide bonds. The van der Waals surface area contributed by atoms with Gasteiger partial charge in [0.05, 0.1) is 57.7 Å². The molecule has 4 heterocycles. The molecule has 0 bridgehead atoms. The second kappa shape index (κ2) is 11.8. The van der Waals surface area contributed by atoms with E-state index in [1.807, 2.05) is 6.07 Å². The number of nitriles is 1. The maximum atomic E-state index is 12.4. The minimum Gasteiger partial charge on any atom is -0.330 e. The van der Waals surface area contributed by atoms with Crippen LogP contribution in [0.3, 0.4) is 0 Å². The normalized spacial score (nSPS) is 11.6. The molecule has 0 aliphatic heterocycles. The molecule has 0 saturated carbocycles. The van der Waals surface area contributed by atoms with E-state index in [4.69, 9.17) is 34.2 Å². The fourth-order valence-corrected chi connectivity index (χ4v) is 3.41. The highest BCUT2D eigenvalue weighted by Gasteiger charge is 2.34. The van der Waals surface area contributed by atoms with Gasteiger partial charge in [-0.25, -0.2) is 9.36 Å². The van der Waals surface area contributed by atoms with Crippen LogP contribution in [0.4, 0.5) is 26.3 Å². The number of aromatic nitrogens is 6. The van der Waals surface area contributed by atoms with E-state index in [0.717, 1.165) is 21.5 Å². The highest BCUT2D eigenvalue weighted by atomic mass is 35.5. The Hall–Kier alpha value is -3.67. The lowest BCUT2D eigenvalue weighted by Gasteiger charge is -2.06. The molecule has 0 fully saturated rings. The van der Waals surface area contributed by atoms with Gasteiger partial charge in [0.15, 0.2) is 11.4 Å². The quantitative estimate of drug-likeness (QED) is 0.316. The summed E-state index contributed by atoms with van der Waals surface area (Å²) < 4.78 is 76.6. The molecule has 38 heavy (non-hydrogen) atoms. The minimum absolute atomic E-state index is 0.0338. The second-order valence-corrected chi connectivity index (χ2v) is 8.22. The van der Waals surface area contributed by atoms with Crippen molar-refractivity contribution in [3.63, 3.8) is 0 Å². The Bertz CT molecular complexity index is 1440. The number of nitrogens with two attached hydrogens (primary N) is 1. The average molecular weight is 577 g/mol. The van der Waals surface area contributed by atoms with Crippen molar-refractivity contribution < 1.29 is 26.3 Å². The number of alkyl halides is 6. The van der Waals surface area contributed by atoms with Crippen LogP contribution in [0.1, 0.15) is 22.8 Å². The zero-order valence-corrected chi connectivity index (χ0v) is 20.5. The molecule has 200 valence electrons. The standard InChI is InChI=1S/C11H10ClF3N4.C11H6ClF3N4/c2*12-8-5-7(6-17-9(8)1-3-16)19-4-2-10(18-19)11(13,14)15/h2,4-6H,1,3,16H2;2,4-6H,1H2. The molecule has 4 aromatic rings. The van der Waals surface area contributed by atoms with E-state index in [9.17, 15) is 26.3 Å². The zero-order chi connectivity index (χ0) is 28.1. The van der Waals surface area contributed by atoms with Crippen molar-refractivity contribution in [2.75, 3.05) is 6.54 Å². The van der Waals surface area contributed by atoms with Gasteiger partial charge in [-0.05, 0) is 30.8 Å². The monoisotopic (exact) mass is 576 g/mol. The van der Waals surface area contributed by atoms with Crippen LogP contribution in [0.25, 0.3) is 11.4 Å². The van der Waals surface area contributed by atoms with Crippen molar-refractivity contribution >= 4 is 23.2 Å². The molecular weight excluding hydrogens is 561 g/mol. The zero-order valence-electron chi connectivity index (χ0n) is 19.0. The van der Waals surface area contributed by atoms with Gasteiger partial charge in [0.25, 0.3) is 0 Å². The first-order valence-electron chi connectivity index (χ1n) is 10.5. The molecule has 8 nitrogen and oxygen atoms in total. The van der Waals surface area contributed by atoms with Crippen molar-refractivity contribution in [3.05, 3.63) is 81.9 Å². The summed E-state index contributed by atoms with van der Waals surface area (Å²) in [5, 5.41) is 15.9. The topological polar surface area (TPSA) is 111 Å². The molecule has 4 aromatic heterocycles. The Morgan fingerprint density at radius 1 is 0.816 bits per heavy atom. The first-order valence-corrected chi connectivity index (χ1v) is 11.2. The molecule has 0 atom stereocenters. The van der Waals surface area contributed by atoms with E-state index in [0.29, 0.717) is 40.8 Å².